The van der Waals surface area contributed by atoms with Crippen molar-refractivity contribution < 1.29 is 14.2 Å². The summed E-state index contributed by atoms with van der Waals surface area (Å²) >= 11 is 0. The second-order valence-corrected chi connectivity index (χ2v) is 9.29. The summed E-state index contributed by atoms with van der Waals surface area (Å²) in [6.07, 6.45) is 3.23. The van der Waals surface area contributed by atoms with Crippen molar-refractivity contribution in [2.24, 2.45) is 5.73 Å². The molecule has 3 aromatic rings. The highest BCUT2D eigenvalue weighted by atomic mass is 19.1. The highest BCUT2D eigenvalue weighted by Crippen LogP contribution is 2.41. The Bertz CT molecular complexity index is 1400. The number of hydrogen-bond acceptors (Lipinski definition) is 8. The average Bonchev–Trinajstić information content (AvgIpc) is 2.93. The summed E-state index contributed by atoms with van der Waals surface area (Å²) < 4.78 is 20.1. The quantitative estimate of drug-likeness (QED) is 0.557. The SMILES string of the molecule is N#Cc1ccc(-c2c(-c3ccc(N4CCOCC4)c(O)c3)cnc(N3CCC(N)CC3)c2C#N)cc1F. The van der Waals surface area contributed by atoms with E-state index in [1.165, 1.54) is 12.1 Å². The number of aromatic nitrogens is 1. The van der Waals surface area contributed by atoms with Crippen LogP contribution in [0.3, 0.4) is 0 Å². The predicted octanol–water partition coefficient (Wildman–Crippen LogP) is 3.77. The lowest BCUT2D eigenvalue weighted by Gasteiger charge is -2.32. The van der Waals surface area contributed by atoms with Crippen molar-refractivity contribution in [3.05, 3.63) is 59.5 Å². The second kappa shape index (κ2) is 10.4. The zero-order valence-corrected chi connectivity index (χ0v) is 20.3. The van der Waals surface area contributed by atoms with Gasteiger partial charge in [-0.15, -0.1) is 0 Å². The summed E-state index contributed by atoms with van der Waals surface area (Å²) in [5.41, 5.74) is 9.21. The van der Waals surface area contributed by atoms with Gasteiger partial charge in [0.2, 0.25) is 0 Å². The van der Waals surface area contributed by atoms with Gasteiger partial charge in [0.25, 0.3) is 0 Å². The van der Waals surface area contributed by atoms with Crippen molar-refractivity contribution in [2.45, 2.75) is 18.9 Å². The molecule has 9 heteroatoms. The molecule has 5 rings (SSSR count). The standard InChI is InChI=1S/C28H27FN6O2/c29-24-13-19(1-2-20(24)15-30)27-22(16-31)28(35-7-5-21(32)6-8-35)33-17-23(27)18-3-4-25(26(36)14-18)34-9-11-37-12-10-34/h1-4,13-14,17,21,36H,5-12,32H2. The van der Waals surface area contributed by atoms with Gasteiger partial charge >= 0.3 is 0 Å². The van der Waals surface area contributed by atoms with Crippen LogP contribution in [0.15, 0.2) is 42.6 Å². The lowest BCUT2D eigenvalue weighted by atomic mass is 9.91. The number of phenols is 1. The normalized spacial score (nSPS) is 16.3. The lowest BCUT2D eigenvalue weighted by molar-refractivity contribution is 0.122. The number of halogens is 1. The van der Waals surface area contributed by atoms with Gasteiger partial charge in [0.05, 0.1) is 24.5 Å². The summed E-state index contributed by atoms with van der Waals surface area (Å²) in [6.45, 7) is 3.87. The fourth-order valence-corrected chi connectivity index (χ4v) is 5.00. The van der Waals surface area contributed by atoms with Crippen molar-refractivity contribution >= 4 is 11.5 Å². The zero-order chi connectivity index (χ0) is 25.9. The van der Waals surface area contributed by atoms with Gasteiger partial charge in [-0.25, -0.2) is 9.37 Å². The number of phenolic OH excluding ortho intramolecular Hbond substituents is 1. The summed E-state index contributed by atoms with van der Waals surface area (Å²) in [7, 11) is 0. The third-order valence-electron chi connectivity index (χ3n) is 7.03. The number of nitrogens with two attached hydrogens (primary N) is 1. The molecular weight excluding hydrogens is 471 g/mol. The monoisotopic (exact) mass is 498 g/mol. The molecule has 2 fully saturated rings. The highest BCUT2D eigenvalue weighted by Gasteiger charge is 2.25. The van der Waals surface area contributed by atoms with Gasteiger partial charge in [0.15, 0.2) is 0 Å². The number of anilines is 2. The van der Waals surface area contributed by atoms with E-state index in [0.717, 1.165) is 12.8 Å². The molecule has 0 atom stereocenters. The van der Waals surface area contributed by atoms with E-state index in [1.807, 2.05) is 23.1 Å². The molecule has 2 saturated heterocycles. The van der Waals surface area contributed by atoms with Gasteiger partial charge in [0, 0.05) is 49.5 Å². The first-order valence-corrected chi connectivity index (χ1v) is 12.3. The molecule has 3 heterocycles. The summed E-state index contributed by atoms with van der Waals surface area (Å²) in [5.74, 6) is -0.0429. The first-order valence-electron chi connectivity index (χ1n) is 12.3. The van der Waals surface area contributed by atoms with Gasteiger partial charge in [-0.3, -0.25) is 0 Å². The van der Waals surface area contributed by atoms with Gasteiger partial charge in [-0.05, 0) is 48.2 Å². The number of pyridine rings is 1. The number of nitriles is 2. The third-order valence-corrected chi connectivity index (χ3v) is 7.03. The molecule has 2 aliphatic rings. The molecule has 2 aromatic carbocycles. The predicted molar refractivity (Wildman–Crippen MR) is 139 cm³/mol. The minimum Gasteiger partial charge on any atom is -0.506 e. The van der Waals surface area contributed by atoms with E-state index >= 15 is 0 Å². The van der Waals surface area contributed by atoms with Crippen LogP contribution in [0.1, 0.15) is 24.0 Å². The van der Waals surface area contributed by atoms with Crippen LogP contribution in [0.25, 0.3) is 22.3 Å². The fourth-order valence-electron chi connectivity index (χ4n) is 5.00. The molecule has 1 aromatic heterocycles. The lowest BCUT2D eigenvalue weighted by Crippen LogP contribution is -2.40. The highest BCUT2D eigenvalue weighted by molar-refractivity contribution is 5.91. The van der Waals surface area contributed by atoms with Crippen LogP contribution in [0, 0.1) is 28.5 Å². The topological polar surface area (TPSA) is 122 Å². The van der Waals surface area contributed by atoms with Crippen LogP contribution >= 0.6 is 0 Å². The molecule has 0 bridgehead atoms. The van der Waals surface area contributed by atoms with Gasteiger partial charge in [0.1, 0.15) is 35.1 Å². The van der Waals surface area contributed by atoms with Gasteiger partial charge < -0.3 is 25.4 Å². The number of rotatable bonds is 4. The van der Waals surface area contributed by atoms with Crippen molar-refractivity contribution in [3.8, 4) is 40.1 Å². The Hall–Kier alpha value is -4.18. The molecule has 0 saturated carbocycles. The maximum atomic E-state index is 14.7. The summed E-state index contributed by atoms with van der Waals surface area (Å²) in [6, 6.07) is 13.9. The Labute approximate surface area is 214 Å². The number of ether oxygens (including phenoxy) is 1. The van der Waals surface area contributed by atoms with E-state index < -0.39 is 5.82 Å². The van der Waals surface area contributed by atoms with E-state index in [4.69, 9.17) is 10.5 Å². The molecule has 2 aliphatic heterocycles. The zero-order valence-electron chi connectivity index (χ0n) is 20.3. The molecule has 0 unspecified atom stereocenters. The van der Waals surface area contributed by atoms with Crippen molar-refractivity contribution in [3.63, 3.8) is 0 Å². The first kappa shape index (κ1) is 24.5. The average molecular weight is 499 g/mol. The molecule has 0 aliphatic carbocycles. The maximum Gasteiger partial charge on any atom is 0.147 e. The summed E-state index contributed by atoms with van der Waals surface area (Å²) in [4.78, 5) is 8.76. The molecule has 37 heavy (non-hydrogen) atoms. The van der Waals surface area contributed by atoms with Crippen molar-refractivity contribution in [2.75, 3.05) is 49.2 Å². The van der Waals surface area contributed by atoms with Crippen LogP contribution in [0.2, 0.25) is 0 Å². The molecule has 188 valence electrons. The Balaban J connectivity index is 1.65. The van der Waals surface area contributed by atoms with E-state index in [9.17, 15) is 20.0 Å². The third kappa shape index (κ3) is 4.79. The Morgan fingerprint density at radius 1 is 0.973 bits per heavy atom. The smallest absolute Gasteiger partial charge is 0.147 e. The van der Waals surface area contributed by atoms with E-state index in [2.05, 4.69) is 16.0 Å². The van der Waals surface area contributed by atoms with E-state index in [1.54, 1.807) is 18.3 Å². The van der Waals surface area contributed by atoms with Crippen LogP contribution in [-0.4, -0.2) is 55.5 Å². The Kier molecular flexibility index (Phi) is 6.91. The number of hydrogen-bond donors (Lipinski definition) is 2. The van der Waals surface area contributed by atoms with E-state index in [-0.39, 0.29) is 17.4 Å². The van der Waals surface area contributed by atoms with Crippen LogP contribution in [0.5, 0.6) is 5.75 Å². The first-order chi connectivity index (χ1) is 18.0. The molecular formula is C28H27FN6O2. The van der Waals surface area contributed by atoms with Crippen LogP contribution in [0.4, 0.5) is 15.9 Å². The number of benzene rings is 2. The second-order valence-electron chi connectivity index (χ2n) is 9.29. The van der Waals surface area contributed by atoms with Crippen LogP contribution < -0.4 is 15.5 Å². The molecule has 8 nitrogen and oxygen atoms in total. The minimum atomic E-state index is -0.664. The number of morpholine rings is 1. The Morgan fingerprint density at radius 3 is 2.35 bits per heavy atom. The molecule has 0 spiro atoms. The molecule has 3 N–H and O–H groups in total. The molecule has 0 radical (unpaired) electrons. The van der Waals surface area contributed by atoms with Crippen molar-refractivity contribution in [1.82, 2.24) is 4.98 Å². The molecule has 0 amide bonds. The number of aromatic hydroxyl groups is 1. The largest absolute Gasteiger partial charge is 0.506 e. The Morgan fingerprint density at radius 2 is 1.70 bits per heavy atom. The van der Waals surface area contributed by atoms with Gasteiger partial charge in [-0.2, -0.15) is 10.5 Å². The summed E-state index contributed by atoms with van der Waals surface area (Å²) in [5, 5.41) is 30.4. The van der Waals surface area contributed by atoms with Crippen molar-refractivity contribution in [1.29, 1.82) is 10.5 Å². The fraction of sp³-hybridized carbons (Fsp3) is 0.321. The van der Waals surface area contributed by atoms with E-state index in [0.29, 0.717) is 78.7 Å². The number of nitrogens with zero attached hydrogens (tertiary/aromatic N) is 5. The van der Waals surface area contributed by atoms with Gasteiger partial charge in [-0.1, -0.05) is 12.1 Å². The number of piperidine rings is 1. The van der Waals surface area contributed by atoms with Crippen LogP contribution in [-0.2, 0) is 4.74 Å². The minimum absolute atomic E-state index is 0.0735. The maximum absolute atomic E-state index is 14.7.